The van der Waals surface area contributed by atoms with Crippen LogP contribution >= 0.6 is 0 Å². The zero-order valence-corrected chi connectivity index (χ0v) is 10.3. The average Bonchev–Trinajstić information content (AvgIpc) is 2.39. The first kappa shape index (κ1) is 14.5. The number of phenols is 1. The number of hydrogen-bond donors (Lipinski definition) is 2. The minimum Gasteiger partial charge on any atom is -0.508 e. The number of methoxy groups -OCH3 is 2. The Morgan fingerprint density at radius 2 is 2.00 bits per heavy atom. The van der Waals surface area contributed by atoms with Crippen LogP contribution in [0.25, 0.3) is 0 Å². The molecule has 0 radical (unpaired) electrons. The average molecular weight is 269 g/mol. The number of phenolic OH excluding ortho intramolecular Hbond substituents is 1. The Labute approximate surface area is 108 Å². The first-order valence-corrected chi connectivity index (χ1v) is 5.11. The number of halogens is 1. The number of carbonyl (C=O) groups excluding carboxylic acids is 2. The predicted octanol–water partition coefficient (Wildman–Crippen LogP) is 1.17. The highest BCUT2D eigenvalue weighted by molar-refractivity contribution is 5.98. The lowest BCUT2D eigenvalue weighted by atomic mass is 10.2. The highest BCUT2D eigenvalue weighted by Crippen LogP contribution is 2.21. The van der Waals surface area contributed by atoms with Gasteiger partial charge in [-0.15, -0.1) is 0 Å². The van der Waals surface area contributed by atoms with Gasteiger partial charge >= 0.3 is 11.9 Å². The van der Waals surface area contributed by atoms with Crippen LogP contribution in [0.1, 0.15) is 0 Å². The fourth-order valence-corrected chi connectivity index (χ4v) is 1.18. The van der Waals surface area contributed by atoms with Gasteiger partial charge in [0.1, 0.15) is 17.3 Å². The number of hydrogen-bond acceptors (Lipinski definition) is 6. The topological polar surface area (TPSA) is 84.9 Å². The lowest BCUT2D eigenvalue weighted by molar-refractivity contribution is -0.138. The molecule has 0 heterocycles. The summed E-state index contributed by atoms with van der Waals surface area (Å²) in [6, 6.07) is 3.28. The van der Waals surface area contributed by atoms with Crippen LogP contribution < -0.4 is 5.32 Å². The molecule has 0 spiro atoms. The highest BCUT2D eigenvalue weighted by atomic mass is 19.1. The summed E-state index contributed by atoms with van der Waals surface area (Å²) < 4.78 is 22.3. The van der Waals surface area contributed by atoms with Crippen LogP contribution in [0.4, 0.5) is 10.1 Å². The van der Waals surface area contributed by atoms with Crippen LogP contribution in [0.2, 0.25) is 0 Å². The molecule has 0 unspecified atom stereocenters. The summed E-state index contributed by atoms with van der Waals surface area (Å²) >= 11 is 0. The van der Waals surface area contributed by atoms with Gasteiger partial charge in [0.25, 0.3) is 0 Å². The van der Waals surface area contributed by atoms with Crippen LogP contribution in [0, 0.1) is 5.82 Å². The first-order chi connectivity index (χ1) is 8.97. The van der Waals surface area contributed by atoms with Crippen molar-refractivity contribution < 1.29 is 28.6 Å². The number of esters is 2. The molecule has 7 heteroatoms. The molecule has 0 amide bonds. The third-order valence-corrected chi connectivity index (χ3v) is 2.09. The molecule has 0 fully saturated rings. The van der Waals surface area contributed by atoms with Crippen LogP contribution in [0.3, 0.4) is 0 Å². The van der Waals surface area contributed by atoms with E-state index in [0.29, 0.717) is 0 Å². The minimum atomic E-state index is -0.863. The van der Waals surface area contributed by atoms with Crippen LogP contribution in [0.5, 0.6) is 5.75 Å². The van der Waals surface area contributed by atoms with Crippen molar-refractivity contribution in [3.05, 3.63) is 35.8 Å². The number of benzene rings is 1. The van der Waals surface area contributed by atoms with E-state index in [9.17, 15) is 14.0 Å². The monoisotopic (exact) mass is 269 g/mol. The zero-order chi connectivity index (χ0) is 14.4. The van der Waals surface area contributed by atoms with E-state index in [1.807, 2.05) is 0 Å². The number of anilines is 1. The fourth-order valence-electron chi connectivity index (χ4n) is 1.18. The van der Waals surface area contributed by atoms with Gasteiger partial charge in [-0.1, -0.05) is 0 Å². The molecule has 0 aromatic heterocycles. The molecule has 0 aliphatic heterocycles. The standard InChI is InChI=1S/C12H12FNO5/c1-18-11(16)6-10(12(17)19-2)14-9-4-3-7(15)5-8(9)13/h3-6,14-15H,1-2H3/b10-6+. The largest absolute Gasteiger partial charge is 0.508 e. The highest BCUT2D eigenvalue weighted by Gasteiger charge is 2.14. The van der Waals surface area contributed by atoms with Crippen molar-refractivity contribution in [2.75, 3.05) is 19.5 Å². The van der Waals surface area contributed by atoms with Crippen molar-refractivity contribution >= 4 is 17.6 Å². The normalized spacial score (nSPS) is 10.8. The van der Waals surface area contributed by atoms with Crippen LogP contribution in [-0.2, 0) is 19.1 Å². The zero-order valence-electron chi connectivity index (χ0n) is 10.3. The summed E-state index contributed by atoms with van der Waals surface area (Å²) in [5, 5.41) is 11.5. The Hall–Kier alpha value is -2.57. The molecule has 0 aliphatic carbocycles. The van der Waals surface area contributed by atoms with Gasteiger partial charge in [-0.2, -0.15) is 0 Å². The van der Waals surface area contributed by atoms with Crippen molar-refractivity contribution in [2.24, 2.45) is 0 Å². The van der Waals surface area contributed by atoms with E-state index in [1.165, 1.54) is 12.1 Å². The van der Waals surface area contributed by atoms with Crippen LogP contribution in [0.15, 0.2) is 30.0 Å². The lowest BCUT2D eigenvalue weighted by Gasteiger charge is -2.09. The Balaban J connectivity index is 3.04. The Morgan fingerprint density at radius 1 is 1.32 bits per heavy atom. The molecule has 1 rings (SSSR count). The minimum absolute atomic E-state index is 0.0987. The SMILES string of the molecule is COC(=O)/C=C(/Nc1ccc(O)cc1F)C(=O)OC. The Kier molecular flexibility index (Phi) is 4.87. The molecule has 1 aromatic rings. The number of aromatic hydroxyl groups is 1. The molecule has 6 nitrogen and oxygen atoms in total. The third kappa shape index (κ3) is 3.98. The molecule has 0 aliphatic rings. The quantitative estimate of drug-likeness (QED) is 0.485. The van der Waals surface area contributed by atoms with Gasteiger partial charge in [-0.05, 0) is 12.1 Å². The van der Waals surface area contributed by atoms with E-state index >= 15 is 0 Å². The number of rotatable bonds is 4. The summed E-state index contributed by atoms with van der Waals surface area (Å²) in [6.07, 6.45) is 0.831. The number of ether oxygens (including phenoxy) is 2. The van der Waals surface area contributed by atoms with E-state index in [-0.39, 0.29) is 17.1 Å². The molecule has 19 heavy (non-hydrogen) atoms. The van der Waals surface area contributed by atoms with Gasteiger partial charge in [-0.3, -0.25) is 0 Å². The molecule has 0 bridgehead atoms. The Bertz CT molecular complexity index is 527. The summed E-state index contributed by atoms with van der Waals surface area (Å²) in [6.45, 7) is 0. The molecular formula is C12H12FNO5. The van der Waals surface area contributed by atoms with Gasteiger partial charge in [0.05, 0.1) is 26.0 Å². The maximum atomic E-state index is 13.5. The van der Waals surface area contributed by atoms with Gasteiger partial charge < -0.3 is 19.9 Å². The summed E-state index contributed by atoms with van der Waals surface area (Å²) in [5.74, 6) is -2.72. The summed E-state index contributed by atoms with van der Waals surface area (Å²) in [4.78, 5) is 22.5. The first-order valence-electron chi connectivity index (χ1n) is 5.11. The van der Waals surface area contributed by atoms with Crippen molar-refractivity contribution in [3.8, 4) is 5.75 Å². The maximum absolute atomic E-state index is 13.5. The van der Waals surface area contributed by atoms with E-state index in [1.54, 1.807) is 0 Å². The lowest BCUT2D eigenvalue weighted by Crippen LogP contribution is -2.16. The number of nitrogens with one attached hydrogen (secondary N) is 1. The molecule has 0 atom stereocenters. The summed E-state index contributed by atoms with van der Waals surface area (Å²) in [5.41, 5.74) is -0.391. The number of carbonyl (C=O) groups is 2. The second kappa shape index (κ2) is 6.39. The van der Waals surface area contributed by atoms with Crippen molar-refractivity contribution in [1.29, 1.82) is 0 Å². The Morgan fingerprint density at radius 3 is 2.53 bits per heavy atom. The smallest absolute Gasteiger partial charge is 0.354 e. The molecule has 0 saturated carbocycles. The van der Waals surface area contributed by atoms with Gasteiger partial charge in [0.15, 0.2) is 0 Å². The van der Waals surface area contributed by atoms with E-state index in [4.69, 9.17) is 5.11 Å². The predicted molar refractivity (Wildman–Crippen MR) is 63.8 cm³/mol. The fraction of sp³-hybridized carbons (Fsp3) is 0.167. The molecule has 0 saturated heterocycles. The molecule has 1 aromatic carbocycles. The van der Waals surface area contributed by atoms with Crippen molar-refractivity contribution in [1.82, 2.24) is 0 Å². The van der Waals surface area contributed by atoms with Gasteiger partial charge in [0, 0.05) is 6.07 Å². The van der Waals surface area contributed by atoms with Crippen LogP contribution in [-0.4, -0.2) is 31.3 Å². The van der Waals surface area contributed by atoms with E-state index in [2.05, 4.69) is 14.8 Å². The van der Waals surface area contributed by atoms with Crippen molar-refractivity contribution in [3.63, 3.8) is 0 Å². The van der Waals surface area contributed by atoms with E-state index in [0.717, 1.165) is 26.4 Å². The summed E-state index contributed by atoms with van der Waals surface area (Å²) in [7, 11) is 2.25. The second-order valence-electron chi connectivity index (χ2n) is 3.36. The van der Waals surface area contributed by atoms with E-state index < -0.39 is 17.8 Å². The molecule has 102 valence electrons. The molecule has 2 N–H and O–H groups in total. The van der Waals surface area contributed by atoms with Gasteiger partial charge in [-0.25, -0.2) is 14.0 Å². The van der Waals surface area contributed by atoms with Crippen molar-refractivity contribution in [2.45, 2.75) is 0 Å². The third-order valence-electron chi connectivity index (χ3n) is 2.09. The molecular weight excluding hydrogens is 257 g/mol. The van der Waals surface area contributed by atoms with Gasteiger partial charge in [0.2, 0.25) is 0 Å². The second-order valence-corrected chi connectivity index (χ2v) is 3.36. The maximum Gasteiger partial charge on any atom is 0.354 e.